The van der Waals surface area contributed by atoms with Crippen LogP contribution in [0, 0.1) is 20.2 Å². The first-order valence-corrected chi connectivity index (χ1v) is 32.3. The highest BCUT2D eigenvalue weighted by atomic mass is 35.5. The molecule has 0 saturated carbocycles. The molecule has 8 aromatic rings. The van der Waals surface area contributed by atoms with E-state index in [2.05, 4.69) is 23.9 Å². The number of H-pyrrole nitrogens is 2. The predicted molar refractivity (Wildman–Crippen MR) is 325 cm³/mol. The maximum atomic E-state index is 14.3. The van der Waals surface area contributed by atoms with Crippen molar-refractivity contribution in [1.29, 1.82) is 0 Å². The molecule has 0 saturated heterocycles. The summed E-state index contributed by atoms with van der Waals surface area (Å²) in [5.74, 6) is -0.568. The highest BCUT2D eigenvalue weighted by Gasteiger charge is 2.40. The SMILES string of the molecule is CN(C)CCNS(=O)(=O)c1ccc2c3c(cc([N+](=O)[O-])c2c1)N(C(=O)c1cc2cc(OCCN(C)CCOc4ccc5[nH]c(C(=O)N6C[C@@H](CCl)c7c6cc([N+](=O)[O-])c6cc(S(=O)(=O)NCCO[P+](O)(O)O)ccc76)cc5c4)ccc2[nH]1)C[C@H]3CCl. The standard InChI is InChI=1S/C55H57Cl2N10O16PS2/c1-62(2)14-12-58-85(77,78)38-6-8-40-42(24-38)48(66(70)71)26-50-52(40)34(28-56)30-64(50)54(68)46-22-32-20-36(4-10-44(32)60-46)81-18-15-63(3)16-19-82-37-5-11-45-33(21-37)23-47(61-45)55(69)65-31-35(29-57)53-41-9-7-39(25-43(41)49(67(72)73)27-51(53)65)86(79,80)59-13-17-83-84(74,75)76/h4-11,20-27,34-35,58-59,74-76H,12-19,28-31H2,1-3H3,(H-,60,61,68,69)/p+1/t34-,35-/m1/s1. The number of non-ortho nitro benzene ring substituents is 2. The zero-order valence-corrected chi connectivity index (χ0v) is 50.3. The molecule has 0 unspecified atom stereocenters. The lowest BCUT2D eigenvalue weighted by Gasteiger charge is -2.17. The number of aromatic nitrogens is 2. The van der Waals surface area contributed by atoms with E-state index in [1.807, 2.05) is 16.8 Å². The van der Waals surface area contributed by atoms with Gasteiger partial charge in [0.2, 0.25) is 20.0 Å². The fraction of sp³-hybridized carbons (Fsp3) is 0.309. The van der Waals surface area contributed by atoms with E-state index < -0.39 is 80.6 Å². The van der Waals surface area contributed by atoms with Gasteiger partial charge in [-0.15, -0.1) is 23.2 Å². The Morgan fingerprint density at radius 1 is 0.628 bits per heavy atom. The summed E-state index contributed by atoms with van der Waals surface area (Å²) < 4.78 is 73.9. The zero-order chi connectivity index (χ0) is 61.6. The average Bonchev–Trinajstić information content (AvgIpc) is 1.57. The number of hydrogen-bond acceptors (Lipinski definition) is 18. The molecule has 0 fully saturated rings. The number of rotatable bonds is 25. The van der Waals surface area contributed by atoms with E-state index in [9.17, 15) is 46.7 Å². The summed E-state index contributed by atoms with van der Waals surface area (Å²) in [6.45, 7) is 1.43. The molecule has 0 spiro atoms. The maximum Gasteiger partial charge on any atom is 0.567 e. The van der Waals surface area contributed by atoms with Crippen LogP contribution in [0.2, 0.25) is 0 Å². The van der Waals surface area contributed by atoms with Crippen LogP contribution < -0.4 is 28.7 Å². The van der Waals surface area contributed by atoms with Gasteiger partial charge >= 0.3 is 8.17 Å². The van der Waals surface area contributed by atoms with Gasteiger partial charge < -0.3 is 34.1 Å². The van der Waals surface area contributed by atoms with Gasteiger partial charge in [0, 0.05) is 103 Å². The van der Waals surface area contributed by atoms with Gasteiger partial charge in [-0.3, -0.25) is 34.7 Å². The van der Waals surface area contributed by atoms with Gasteiger partial charge in [0.15, 0.2) is 0 Å². The number of aromatic amines is 2. The summed E-state index contributed by atoms with van der Waals surface area (Å²) in [6, 6.07) is 24.6. The molecule has 0 radical (unpaired) electrons. The Kier molecular flexibility index (Phi) is 17.9. The van der Waals surface area contributed by atoms with Crippen molar-refractivity contribution in [3.05, 3.63) is 140 Å². The molecule has 26 nitrogen and oxygen atoms in total. The number of carbonyl (C=O) groups is 2. The Labute approximate surface area is 502 Å². The van der Waals surface area contributed by atoms with Gasteiger partial charge in [0.1, 0.15) is 42.7 Å². The van der Waals surface area contributed by atoms with E-state index in [1.165, 1.54) is 52.3 Å². The number of nitro groups is 2. The normalized spacial score (nSPS) is 15.4. The van der Waals surface area contributed by atoms with E-state index in [0.717, 1.165) is 6.07 Å². The molecule has 86 heavy (non-hydrogen) atoms. The molecule has 2 amide bonds. The number of nitrogens with one attached hydrogen (secondary N) is 4. The number of alkyl halides is 2. The molecule has 31 heteroatoms. The second-order valence-corrected chi connectivity index (χ2v) is 26.4. The van der Waals surface area contributed by atoms with Crippen LogP contribution in [0.4, 0.5) is 22.7 Å². The van der Waals surface area contributed by atoms with Crippen molar-refractivity contribution in [2.45, 2.75) is 21.6 Å². The van der Waals surface area contributed by atoms with Crippen molar-refractivity contribution in [1.82, 2.24) is 29.2 Å². The molecule has 2 aliphatic rings. The van der Waals surface area contributed by atoms with Crippen molar-refractivity contribution < 1.29 is 64.9 Å². The zero-order valence-electron chi connectivity index (χ0n) is 46.2. The van der Waals surface area contributed by atoms with Gasteiger partial charge in [0.05, 0.1) is 41.8 Å². The number of benzene rings is 6. The number of halogens is 2. The number of likely N-dealkylation sites (N-methyl/N-ethyl adjacent to an activating group) is 2. The Bertz CT molecular complexity index is 4240. The largest absolute Gasteiger partial charge is 0.567 e. The number of carbonyl (C=O) groups excluding carboxylic acids is 2. The third kappa shape index (κ3) is 12.9. The van der Waals surface area contributed by atoms with Gasteiger partial charge in [-0.25, -0.2) is 26.3 Å². The van der Waals surface area contributed by atoms with E-state index >= 15 is 0 Å². The minimum absolute atomic E-state index is 0.00994. The lowest BCUT2D eigenvalue weighted by molar-refractivity contribution is -0.383. The van der Waals surface area contributed by atoms with Gasteiger partial charge in [-0.2, -0.15) is 19.2 Å². The quantitative estimate of drug-likeness (QED) is 0.0100. The fourth-order valence-electron chi connectivity index (χ4n) is 10.8. The summed E-state index contributed by atoms with van der Waals surface area (Å²) in [6.07, 6.45) is 0. The van der Waals surface area contributed by atoms with Crippen LogP contribution in [-0.4, -0.2) is 171 Å². The van der Waals surface area contributed by atoms with Crippen molar-refractivity contribution in [3.8, 4) is 11.5 Å². The van der Waals surface area contributed by atoms with E-state index in [4.69, 9.17) is 47.4 Å². The van der Waals surface area contributed by atoms with Gasteiger partial charge in [-0.1, -0.05) is 12.1 Å². The number of fused-ring (bicyclic) bond motifs is 8. The topological polar surface area (TPSA) is 346 Å². The monoisotopic (exact) mass is 1280 g/mol. The second kappa shape index (κ2) is 24.9. The summed E-state index contributed by atoms with van der Waals surface area (Å²) in [4.78, 5) is 91.9. The molecule has 7 N–H and O–H groups in total. The number of ether oxygens (including phenoxy) is 2. The third-order valence-corrected chi connectivity index (χ3v) is 19.1. The van der Waals surface area contributed by atoms with Crippen molar-refractivity contribution >= 4 is 129 Å². The van der Waals surface area contributed by atoms with Crippen LogP contribution >= 0.6 is 31.4 Å². The summed E-state index contributed by atoms with van der Waals surface area (Å²) in [5.41, 5.74) is 2.61. The molecule has 2 atom stereocenters. The first-order chi connectivity index (χ1) is 40.8. The third-order valence-electron chi connectivity index (χ3n) is 14.9. The highest BCUT2D eigenvalue weighted by molar-refractivity contribution is 7.89. The van der Waals surface area contributed by atoms with E-state index in [-0.39, 0.29) is 74.7 Å². The van der Waals surface area contributed by atoms with Crippen LogP contribution in [-0.2, 0) is 24.6 Å². The minimum atomic E-state index is -4.60. The molecule has 2 aromatic heterocycles. The van der Waals surface area contributed by atoms with Crippen LogP contribution in [0.1, 0.15) is 43.9 Å². The van der Waals surface area contributed by atoms with Crippen molar-refractivity contribution in [2.24, 2.45) is 0 Å². The second-order valence-electron chi connectivity index (χ2n) is 20.9. The van der Waals surface area contributed by atoms with Gasteiger partial charge in [-0.05, 0) is 116 Å². The maximum absolute atomic E-state index is 14.3. The Balaban J connectivity index is 0.750. The number of sulfonamides is 2. The molecule has 2 aliphatic heterocycles. The van der Waals surface area contributed by atoms with Crippen LogP contribution in [0.3, 0.4) is 0 Å². The molecule has 10 rings (SSSR count). The minimum Gasteiger partial charge on any atom is -0.492 e. The van der Waals surface area contributed by atoms with Crippen molar-refractivity contribution in [2.75, 3.05) is 108 Å². The highest BCUT2D eigenvalue weighted by Crippen LogP contribution is 2.49. The van der Waals surface area contributed by atoms with E-state index in [1.54, 1.807) is 62.6 Å². The molecule has 454 valence electrons. The molecule has 0 aliphatic carbocycles. The smallest absolute Gasteiger partial charge is 0.492 e. The number of hydrogen-bond donors (Lipinski definition) is 7. The number of nitrogens with zero attached hydrogens (tertiary/aromatic N) is 6. The average molecular weight is 1280 g/mol. The molecule has 0 bridgehead atoms. The lowest BCUT2D eigenvalue weighted by Crippen LogP contribution is -2.31. The van der Waals surface area contributed by atoms with Crippen LogP contribution in [0.5, 0.6) is 11.5 Å². The summed E-state index contributed by atoms with van der Waals surface area (Å²) >= 11 is 12.9. The number of amides is 2. The van der Waals surface area contributed by atoms with Crippen LogP contribution in [0.15, 0.2) is 107 Å². The predicted octanol–water partition coefficient (Wildman–Crippen LogP) is 6.92. The molecule has 6 aromatic carbocycles. The Morgan fingerprint density at radius 3 is 1.48 bits per heavy atom. The first kappa shape index (κ1) is 61.9. The molecular formula is C55H58Cl2N10O16PS2+. The summed E-state index contributed by atoms with van der Waals surface area (Å²) in [7, 11) is -7.36. The molecular weight excluding hydrogens is 1220 g/mol. The first-order valence-electron chi connectivity index (χ1n) is 26.7. The Morgan fingerprint density at radius 2 is 1.07 bits per heavy atom. The lowest BCUT2D eigenvalue weighted by atomic mass is 9.95. The van der Waals surface area contributed by atoms with Gasteiger partial charge in [0.25, 0.3) is 23.2 Å². The summed E-state index contributed by atoms with van der Waals surface area (Å²) in [5, 5.41) is 27.2. The number of anilines is 2. The van der Waals surface area contributed by atoms with E-state index in [0.29, 0.717) is 93.7 Å². The van der Waals surface area contributed by atoms with Crippen molar-refractivity contribution in [3.63, 3.8) is 0 Å². The number of nitro benzene ring substituents is 2. The van der Waals surface area contributed by atoms with Crippen LogP contribution in [0.25, 0.3) is 43.4 Å². The Hall–Kier alpha value is -7.15. The fourth-order valence-corrected chi connectivity index (χ4v) is 13.7. The molecule has 4 heterocycles.